The monoisotopic (exact) mass is 259 g/mol. The van der Waals surface area contributed by atoms with Gasteiger partial charge in [0.05, 0.1) is 17.7 Å². The number of nitrogens with zero attached hydrogens (tertiary/aromatic N) is 1. The fourth-order valence-corrected chi connectivity index (χ4v) is 2.50. The van der Waals surface area contributed by atoms with Gasteiger partial charge in [-0.15, -0.1) is 0 Å². The summed E-state index contributed by atoms with van der Waals surface area (Å²) in [5.74, 6) is -0.152. The Morgan fingerprint density at radius 3 is 3.16 bits per heavy atom. The summed E-state index contributed by atoms with van der Waals surface area (Å²) >= 11 is 0. The predicted octanol–water partition coefficient (Wildman–Crippen LogP) is 1.86. The van der Waals surface area contributed by atoms with E-state index in [-0.39, 0.29) is 18.1 Å². The molecule has 100 valence electrons. The van der Waals surface area contributed by atoms with Crippen molar-refractivity contribution in [2.75, 3.05) is 6.61 Å². The first-order chi connectivity index (χ1) is 9.25. The van der Waals surface area contributed by atoms with Crippen molar-refractivity contribution in [1.82, 2.24) is 15.5 Å². The molecule has 0 bridgehead atoms. The molecule has 19 heavy (non-hydrogen) atoms. The van der Waals surface area contributed by atoms with E-state index in [0.717, 1.165) is 30.4 Å². The van der Waals surface area contributed by atoms with E-state index in [1.807, 2.05) is 31.2 Å². The van der Waals surface area contributed by atoms with E-state index < -0.39 is 0 Å². The molecule has 3 rings (SSSR count). The van der Waals surface area contributed by atoms with Crippen LogP contribution in [0.4, 0.5) is 0 Å². The number of carbonyl (C=O) groups excluding carboxylic acids is 1. The van der Waals surface area contributed by atoms with Gasteiger partial charge in [-0.25, -0.2) is 0 Å². The zero-order valence-corrected chi connectivity index (χ0v) is 10.8. The first-order valence-electron chi connectivity index (χ1n) is 6.61. The molecule has 1 amide bonds. The lowest BCUT2D eigenvalue weighted by Crippen LogP contribution is -2.41. The Morgan fingerprint density at radius 1 is 1.53 bits per heavy atom. The number of fused-ring (bicyclic) bond motifs is 1. The summed E-state index contributed by atoms with van der Waals surface area (Å²) in [6.45, 7) is 2.76. The van der Waals surface area contributed by atoms with Gasteiger partial charge >= 0.3 is 0 Å². The highest BCUT2D eigenvalue weighted by molar-refractivity contribution is 6.04. The number of para-hydroxylation sites is 1. The van der Waals surface area contributed by atoms with Gasteiger partial charge < -0.3 is 10.1 Å². The maximum Gasteiger partial charge on any atom is 0.272 e. The van der Waals surface area contributed by atoms with E-state index in [0.29, 0.717) is 5.69 Å². The average molecular weight is 259 g/mol. The highest BCUT2D eigenvalue weighted by Crippen LogP contribution is 2.18. The van der Waals surface area contributed by atoms with E-state index in [9.17, 15) is 4.79 Å². The standard InChI is InChI=1S/C14H17N3O2/c1-9(12-7-4-8-19-12)15-14(18)13-10-5-2-3-6-11(10)16-17-13/h2-3,5-6,9,12H,4,7-8H2,1H3,(H,15,18)(H,16,17). The molecule has 2 aromatic rings. The van der Waals surface area contributed by atoms with Crippen molar-refractivity contribution in [2.45, 2.75) is 31.9 Å². The molecule has 2 heterocycles. The molecular weight excluding hydrogens is 242 g/mol. The number of nitrogens with one attached hydrogen (secondary N) is 2. The number of ether oxygens (including phenoxy) is 1. The largest absolute Gasteiger partial charge is 0.376 e. The van der Waals surface area contributed by atoms with Gasteiger partial charge in [0.15, 0.2) is 5.69 Å². The van der Waals surface area contributed by atoms with Crippen LogP contribution in [0, 0.1) is 0 Å². The van der Waals surface area contributed by atoms with E-state index in [2.05, 4.69) is 15.5 Å². The second kappa shape index (κ2) is 5.01. The van der Waals surface area contributed by atoms with Gasteiger partial charge in [-0.05, 0) is 25.8 Å². The van der Waals surface area contributed by atoms with Crippen molar-refractivity contribution >= 4 is 16.8 Å². The third kappa shape index (κ3) is 2.33. The average Bonchev–Trinajstić information content (AvgIpc) is 3.08. The third-order valence-electron chi connectivity index (χ3n) is 3.57. The molecular formula is C14H17N3O2. The van der Waals surface area contributed by atoms with Crippen LogP contribution in [-0.2, 0) is 4.74 Å². The molecule has 5 nitrogen and oxygen atoms in total. The molecule has 1 aromatic heterocycles. The minimum Gasteiger partial charge on any atom is -0.376 e. The van der Waals surface area contributed by atoms with E-state index in [1.165, 1.54) is 0 Å². The van der Waals surface area contributed by atoms with Crippen LogP contribution in [0.3, 0.4) is 0 Å². The van der Waals surface area contributed by atoms with Gasteiger partial charge in [0.1, 0.15) is 0 Å². The van der Waals surface area contributed by atoms with Gasteiger partial charge in [-0.3, -0.25) is 9.89 Å². The number of aromatic nitrogens is 2. The SMILES string of the molecule is CC(NC(=O)c1n[nH]c2ccccc12)C1CCCO1. The number of amides is 1. The zero-order chi connectivity index (χ0) is 13.2. The van der Waals surface area contributed by atoms with Crippen LogP contribution >= 0.6 is 0 Å². The number of benzene rings is 1. The molecule has 0 aliphatic carbocycles. The first kappa shape index (κ1) is 12.2. The normalized spacial score (nSPS) is 20.6. The molecule has 2 N–H and O–H groups in total. The van der Waals surface area contributed by atoms with Crippen molar-refractivity contribution < 1.29 is 9.53 Å². The highest BCUT2D eigenvalue weighted by atomic mass is 16.5. The Kier molecular flexibility index (Phi) is 3.21. The maximum atomic E-state index is 12.2. The Labute approximate surface area is 111 Å². The topological polar surface area (TPSA) is 67.0 Å². The molecule has 2 atom stereocenters. The summed E-state index contributed by atoms with van der Waals surface area (Å²) in [6.07, 6.45) is 2.19. The van der Waals surface area contributed by atoms with Crippen molar-refractivity contribution in [2.24, 2.45) is 0 Å². The van der Waals surface area contributed by atoms with Crippen molar-refractivity contribution in [3.8, 4) is 0 Å². The van der Waals surface area contributed by atoms with Crippen molar-refractivity contribution in [3.05, 3.63) is 30.0 Å². The maximum absolute atomic E-state index is 12.2. The predicted molar refractivity (Wildman–Crippen MR) is 72.0 cm³/mol. The second-order valence-electron chi connectivity index (χ2n) is 4.93. The van der Waals surface area contributed by atoms with Crippen LogP contribution in [0.5, 0.6) is 0 Å². The summed E-state index contributed by atoms with van der Waals surface area (Å²) in [6, 6.07) is 7.62. The lowest BCUT2D eigenvalue weighted by molar-refractivity contribution is 0.0710. The van der Waals surface area contributed by atoms with E-state index in [4.69, 9.17) is 4.74 Å². The van der Waals surface area contributed by atoms with Crippen molar-refractivity contribution in [1.29, 1.82) is 0 Å². The van der Waals surface area contributed by atoms with Crippen LogP contribution in [0.2, 0.25) is 0 Å². The molecule has 0 saturated carbocycles. The molecule has 1 aliphatic heterocycles. The van der Waals surface area contributed by atoms with Crippen LogP contribution in [0.1, 0.15) is 30.3 Å². The Morgan fingerprint density at radius 2 is 2.37 bits per heavy atom. The number of hydrogen-bond donors (Lipinski definition) is 2. The molecule has 1 aromatic carbocycles. The van der Waals surface area contributed by atoms with Crippen LogP contribution in [0.25, 0.3) is 10.9 Å². The van der Waals surface area contributed by atoms with Crippen LogP contribution < -0.4 is 5.32 Å². The van der Waals surface area contributed by atoms with Gasteiger partial charge in [0.25, 0.3) is 5.91 Å². The van der Waals surface area contributed by atoms with Gasteiger partial charge in [-0.1, -0.05) is 18.2 Å². The second-order valence-corrected chi connectivity index (χ2v) is 4.93. The van der Waals surface area contributed by atoms with Gasteiger partial charge in [-0.2, -0.15) is 5.10 Å². The smallest absolute Gasteiger partial charge is 0.272 e. The zero-order valence-electron chi connectivity index (χ0n) is 10.8. The molecule has 1 aliphatic rings. The van der Waals surface area contributed by atoms with Crippen LogP contribution in [-0.4, -0.2) is 34.9 Å². The Bertz CT molecular complexity index is 587. The van der Waals surface area contributed by atoms with Gasteiger partial charge in [0, 0.05) is 12.0 Å². The minimum atomic E-state index is -0.152. The number of hydrogen-bond acceptors (Lipinski definition) is 3. The Balaban J connectivity index is 1.76. The summed E-state index contributed by atoms with van der Waals surface area (Å²) in [4.78, 5) is 12.2. The lowest BCUT2D eigenvalue weighted by atomic mass is 10.1. The van der Waals surface area contributed by atoms with E-state index >= 15 is 0 Å². The van der Waals surface area contributed by atoms with E-state index in [1.54, 1.807) is 0 Å². The minimum absolute atomic E-state index is 0.00506. The molecule has 2 unspecified atom stereocenters. The van der Waals surface area contributed by atoms with Crippen LogP contribution in [0.15, 0.2) is 24.3 Å². The summed E-state index contributed by atoms with van der Waals surface area (Å²) < 4.78 is 5.58. The summed E-state index contributed by atoms with van der Waals surface area (Å²) in [5, 5.41) is 10.8. The molecule has 1 saturated heterocycles. The summed E-state index contributed by atoms with van der Waals surface area (Å²) in [5.41, 5.74) is 1.32. The number of carbonyl (C=O) groups is 1. The number of H-pyrrole nitrogens is 1. The van der Waals surface area contributed by atoms with Crippen molar-refractivity contribution in [3.63, 3.8) is 0 Å². The number of rotatable bonds is 3. The Hall–Kier alpha value is -1.88. The fourth-order valence-electron chi connectivity index (χ4n) is 2.50. The molecule has 0 spiro atoms. The third-order valence-corrected chi connectivity index (χ3v) is 3.57. The highest BCUT2D eigenvalue weighted by Gasteiger charge is 2.25. The molecule has 5 heteroatoms. The van der Waals surface area contributed by atoms with Gasteiger partial charge in [0.2, 0.25) is 0 Å². The summed E-state index contributed by atoms with van der Waals surface area (Å²) in [7, 11) is 0. The molecule has 0 radical (unpaired) electrons. The fraction of sp³-hybridized carbons (Fsp3) is 0.429. The molecule has 1 fully saturated rings. The lowest BCUT2D eigenvalue weighted by Gasteiger charge is -2.19. The first-order valence-corrected chi connectivity index (χ1v) is 6.61. The quantitative estimate of drug-likeness (QED) is 0.884. The number of aromatic amines is 1.